The summed E-state index contributed by atoms with van der Waals surface area (Å²) in [5.74, 6) is 0.608. The molecule has 0 spiro atoms. The summed E-state index contributed by atoms with van der Waals surface area (Å²) in [4.78, 5) is 38.0. The fraction of sp³-hybridized carbons (Fsp3) is 0.500. The number of nitrogens with zero attached hydrogens (tertiary/aromatic N) is 4. The van der Waals surface area contributed by atoms with Gasteiger partial charge in [0.2, 0.25) is 11.9 Å². The highest BCUT2D eigenvalue weighted by atomic mass is 35.5. The number of likely N-dealkylation sites (tertiary alicyclic amines) is 1. The van der Waals surface area contributed by atoms with Crippen LogP contribution in [0.3, 0.4) is 0 Å². The molecule has 0 saturated carbocycles. The molecule has 0 atom stereocenters. The van der Waals surface area contributed by atoms with Gasteiger partial charge in [0.05, 0.1) is 16.9 Å². The monoisotopic (exact) mass is 469 g/mol. The average molecular weight is 470 g/mol. The third-order valence-electron chi connectivity index (χ3n) is 6.62. The molecule has 33 heavy (non-hydrogen) atoms. The predicted molar refractivity (Wildman–Crippen MR) is 125 cm³/mol. The second-order valence-corrected chi connectivity index (χ2v) is 9.26. The van der Waals surface area contributed by atoms with Crippen LogP contribution < -0.4 is 5.32 Å². The normalized spacial score (nSPS) is 18.6. The Morgan fingerprint density at radius 1 is 1.21 bits per heavy atom. The zero-order valence-electron chi connectivity index (χ0n) is 18.6. The fourth-order valence-electron chi connectivity index (χ4n) is 4.71. The number of anilines is 1. The number of hydrogen-bond donors (Lipinski definition) is 1. The molecule has 0 unspecified atom stereocenters. The summed E-state index contributed by atoms with van der Waals surface area (Å²) in [5, 5.41) is 3.80. The molecule has 8 nitrogen and oxygen atoms in total. The molecule has 1 aromatic carbocycles. The minimum absolute atomic E-state index is 0.0493. The average Bonchev–Trinajstić information content (AvgIpc) is 3.48. The Bertz CT molecular complexity index is 1050. The van der Waals surface area contributed by atoms with Gasteiger partial charge in [-0.25, -0.2) is 9.97 Å². The molecule has 2 aromatic rings. The zero-order chi connectivity index (χ0) is 22.8. The number of aromatic nitrogens is 2. The molecular weight excluding hydrogens is 442 g/mol. The Kier molecular flexibility index (Phi) is 6.46. The van der Waals surface area contributed by atoms with Gasteiger partial charge in [0.25, 0.3) is 5.91 Å². The molecule has 0 aliphatic carbocycles. The molecule has 4 heterocycles. The van der Waals surface area contributed by atoms with Crippen molar-refractivity contribution in [2.75, 3.05) is 38.2 Å². The maximum Gasteiger partial charge on any atom is 0.254 e. The van der Waals surface area contributed by atoms with Crippen LogP contribution in [0.15, 0.2) is 24.4 Å². The SMILES string of the molecule is O=C(CCN1Cc2ccc(-c3nc(NC4CCOCC4)ncc3Cl)cc2C1=O)N1CCCC1. The molecule has 2 amide bonds. The number of hydrogen-bond acceptors (Lipinski definition) is 6. The number of benzene rings is 1. The lowest BCUT2D eigenvalue weighted by atomic mass is 10.0. The quantitative estimate of drug-likeness (QED) is 0.698. The van der Waals surface area contributed by atoms with E-state index >= 15 is 0 Å². The third kappa shape index (κ3) is 4.82. The minimum Gasteiger partial charge on any atom is -0.381 e. The largest absolute Gasteiger partial charge is 0.381 e. The van der Waals surface area contributed by atoms with Gasteiger partial charge >= 0.3 is 0 Å². The van der Waals surface area contributed by atoms with Crippen molar-refractivity contribution in [3.05, 3.63) is 40.5 Å². The van der Waals surface area contributed by atoms with E-state index in [0.29, 0.717) is 41.7 Å². The van der Waals surface area contributed by atoms with Crippen LogP contribution in [0.1, 0.15) is 48.0 Å². The Labute approximate surface area is 198 Å². The van der Waals surface area contributed by atoms with E-state index in [0.717, 1.165) is 63.1 Å². The predicted octanol–water partition coefficient (Wildman–Crippen LogP) is 3.36. The molecular formula is C24H28ClN5O3. The van der Waals surface area contributed by atoms with Gasteiger partial charge in [-0.3, -0.25) is 9.59 Å². The summed E-state index contributed by atoms with van der Waals surface area (Å²) in [7, 11) is 0. The van der Waals surface area contributed by atoms with Gasteiger partial charge in [0.1, 0.15) is 0 Å². The Hall–Kier alpha value is -2.71. The standard InChI is InChI=1S/C24H28ClN5O3/c25-20-14-26-24(27-18-6-11-33-12-7-18)28-22(20)16-3-4-17-15-30(23(32)19(17)13-16)10-5-21(31)29-8-1-2-9-29/h3-4,13-14,18H,1-2,5-12,15H2,(H,26,27,28). The molecule has 0 bridgehead atoms. The van der Waals surface area contributed by atoms with Crippen molar-refractivity contribution in [2.45, 2.75) is 44.7 Å². The topological polar surface area (TPSA) is 87.7 Å². The van der Waals surface area contributed by atoms with Gasteiger partial charge in [-0.05, 0) is 37.3 Å². The van der Waals surface area contributed by atoms with Crippen molar-refractivity contribution < 1.29 is 14.3 Å². The van der Waals surface area contributed by atoms with Gasteiger partial charge < -0.3 is 19.9 Å². The van der Waals surface area contributed by atoms with Crippen molar-refractivity contribution in [3.63, 3.8) is 0 Å². The summed E-state index contributed by atoms with van der Waals surface area (Å²) in [6, 6.07) is 6.02. The van der Waals surface area contributed by atoms with Gasteiger partial charge in [0.15, 0.2) is 0 Å². The van der Waals surface area contributed by atoms with Gasteiger partial charge in [-0.1, -0.05) is 23.7 Å². The van der Waals surface area contributed by atoms with Crippen molar-refractivity contribution in [3.8, 4) is 11.3 Å². The maximum atomic E-state index is 13.0. The van der Waals surface area contributed by atoms with Crippen molar-refractivity contribution in [1.82, 2.24) is 19.8 Å². The zero-order valence-corrected chi connectivity index (χ0v) is 19.3. The van der Waals surface area contributed by atoms with Crippen LogP contribution in [0.4, 0.5) is 5.95 Å². The lowest BCUT2D eigenvalue weighted by Crippen LogP contribution is -2.33. The third-order valence-corrected chi connectivity index (χ3v) is 6.89. The van der Waals surface area contributed by atoms with Crippen molar-refractivity contribution >= 4 is 29.4 Å². The van der Waals surface area contributed by atoms with E-state index in [1.807, 2.05) is 23.1 Å². The first-order chi connectivity index (χ1) is 16.1. The number of nitrogens with one attached hydrogen (secondary N) is 1. The summed E-state index contributed by atoms with van der Waals surface area (Å²) in [6.45, 7) is 4.08. The molecule has 0 radical (unpaired) electrons. The van der Waals surface area contributed by atoms with E-state index in [2.05, 4.69) is 15.3 Å². The van der Waals surface area contributed by atoms with Gasteiger partial charge in [-0.15, -0.1) is 0 Å². The first-order valence-corrected chi connectivity index (χ1v) is 12.0. The second-order valence-electron chi connectivity index (χ2n) is 8.86. The highest BCUT2D eigenvalue weighted by molar-refractivity contribution is 6.33. The molecule has 2 fully saturated rings. The van der Waals surface area contributed by atoms with Crippen LogP contribution in [0.2, 0.25) is 5.02 Å². The van der Waals surface area contributed by atoms with Crippen LogP contribution in [-0.4, -0.2) is 70.5 Å². The summed E-state index contributed by atoms with van der Waals surface area (Å²) in [5.41, 5.74) is 2.98. The van der Waals surface area contributed by atoms with Crippen LogP contribution in [-0.2, 0) is 16.1 Å². The number of carbonyl (C=O) groups is 2. The number of rotatable bonds is 6. The molecule has 3 aliphatic heterocycles. The molecule has 9 heteroatoms. The Morgan fingerprint density at radius 2 is 2.00 bits per heavy atom. The first-order valence-electron chi connectivity index (χ1n) is 11.7. The van der Waals surface area contributed by atoms with E-state index in [4.69, 9.17) is 16.3 Å². The fourth-order valence-corrected chi connectivity index (χ4v) is 4.91. The molecule has 2 saturated heterocycles. The van der Waals surface area contributed by atoms with E-state index in [9.17, 15) is 9.59 Å². The lowest BCUT2D eigenvalue weighted by molar-refractivity contribution is -0.130. The van der Waals surface area contributed by atoms with E-state index in [-0.39, 0.29) is 17.9 Å². The number of ether oxygens (including phenoxy) is 1. The Balaban J connectivity index is 1.29. The van der Waals surface area contributed by atoms with Gasteiger partial charge in [0, 0.05) is 63.0 Å². The summed E-state index contributed by atoms with van der Waals surface area (Å²) < 4.78 is 5.41. The molecule has 3 aliphatic rings. The highest BCUT2D eigenvalue weighted by Crippen LogP contribution is 2.32. The maximum absolute atomic E-state index is 13.0. The molecule has 174 valence electrons. The van der Waals surface area contributed by atoms with Crippen LogP contribution >= 0.6 is 11.6 Å². The second kappa shape index (κ2) is 9.65. The van der Waals surface area contributed by atoms with E-state index < -0.39 is 0 Å². The summed E-state index contributed by atoms with van der Waals surface area (Å²) in [6.07, 6.45) is 5.92. The molecule has 5 rings (SSSR count). The van der Waals surface area contributed by atoms with Gasteiger partial charge in [-0.2, -0.15) is 0 Å². The van der Waals surface area contributed by atoms with Crippen LogP contribution in [0.25, 0.3) is 11.3 Å². The minimum atomic E-state index is -0.0493. The van der Waals surface area contributed by atoms with E-state index in [1.54, 1.807) is 11.1 Å². The first kappa shape index (κ1) is 22.1. The lowest BCUT2D eigenvalue weighted by Gasteiger charge is -2.23. The van der Waals surface area contributed by atoms with E-state index in [1.165, 1.54) is 0 Å². The number of halogens is 1. The summed E-state index contributed by atoms with van der Waals surface area (Å²) >= 11 is 6.43. The molecule has 1 aromatic heterocycles. The molecule has 1 N–H and O–H groups in total. The van der Waals surface area contributed by atoms with Crippen LogP contribution in [0, 0.1) is 0 Å². The highest BCUT2D eigenvalue weighted by Gasteiger charge is 2.29. The van der Waals surface area contributed by atoms with Crippen molar-refractivity contribution in [2.24, 2.45) is 0 Å². The number of fused-ring (bicyclic) bond motifs is 1. The number of amides is 2. The smallest absolute Gasteiger partial charge is 0.254 e. The van der Waals surface area contributed by atoms with Crippen LogP contribution in [0.5, 0.6) is 0 Å². The van der Waals surface area contributed by atoms with Crippen molar-refractivity contribution in [1.29, 1.82) is 0 Å². The number of carbonyl (C=O) groups excluding carboxylic acids is 2. The Morgan fingerprint density at radius 3 is 2.79 bits per heavy atom.